The van der Waals surface area contributed by atoms with E-state index < -0.39 is 0 Å². The number of likely N-dealkylation sites (tertiary alicyclic amines) is 1. The Kier molecular flexibility index (Phi) is 6.42. The molecule has 0 radical (unpaired) electrons. The van der Waals surface area contributed by atoms with Crippen molar-refractivity contribution >= 4 is 5.91 Å². The third-order valence-electron chi connectivity index (χ3n) is 2.91. The largest absolute Gasteiger partial charge is 0.383 e. The Labute approximate surface area is 98.3 Å². The van der Waals surface area contributed by atoms with Gasteiger partial charge in [0.1, 0.15) is 0 Å². The Morgan fingerprint density at radius 1 is 1.50 bits per heavy atom. The number of ether oxygens (including phenoxy) is 1. The van der Waals surface area contributed by atoms with Crippen LogP contribution in [-0.4, -0.2) is 50.2 Å². The molecule has 0 saturated carbocycles. The van der Waals surface area contributed by atoms with Crippen LogP contribution in [0.2, 0.25) is 0 Å². The van der Waals surface area contributed by atoms with Crippen LogP contribution in [0.1, 0.15) is 32.6 Å². The van der Waals surface area contributed by atoms with Gasteiger partial charge in [0.15, 0.2) is 0 Å². The normalized spacial score (nSPS) is 18.9. The second-order valence-corrected chi connectivity index (χ2v) is 4.40. The van der Waals surface area contributed by atoms with Gasteiger partial charge in [-0.3, -0.25) is 4.79 Å². The minimum absolute atomic E-state index is 0.270. The summed E-state index contributed by atoms with van der Waals surface area (Å²) in [6.45, 7) is 5.49. The monoisotopic (exact) mass is 228 g/mol. The van der Waals surface area contributed by atoms with Crippen molar-refractivity contribution in [3.8, 4) is 0 Å². The lowest BCUT2D eigenvalue weighted by molar-refractivity contribution is -0.133. The van der Waals surface area contributed by atoms with Crippen LogP contribution in [0.4, 0.5) is 0 Å². The van der Waals surface area contributed by atoms with Crippen molar-refractivity contribution in [2.75, 3.05) is 33.4 Å². The van der Waals surface area contributed by atoms with Crippen molar-refractivity contribution in [1.82, 2.24) is 10.2 Å². The van der Waals surface area contributed by atoms with E-state index in [4.69, 9.17) is 4.74 Å². The summed E-state index contributed by atoms with van der Waals surface area (Å²) in [4.78, 5) is 13.6. The maximum Gasteiger partial charge on any atom is 0.222 e. The Bertz CT molecular complexity index is 209. The third kappa shape index (κ3) is 4.49. The number of carbonyl (C=O) groups excluding carboxylic acids is 1. The predicted molar refractivity (Wildman–Crippen MR) is 64.4 cm³/mol. The van der Waals surface area contributed by atoms with E-state index in [1.54, 1.807) is 7.11 Å². The zero-order chi connectivity index (χ0) is 11.8. The van der Waals surface area contributed by atoms with E-state index in [1.165, 1.54) is 0 Å². The zero-order valence-corrected chi connectivity index (χ0v) is 10.5. The molecule has 0 aliphatic carbocycles. The van der Waals surface area contributed by atoms with E-state index in [1.807, 2.05) is 4.90 Å². The molecule has 1 amide bonds. The lowest BCUT2D eigenvalue weighted by Gasteiger charge is -2.30. The van der Waals surface area contributed by atoms with Gasteiger partial charge in [-0.05, 0) is 25.8 Å². The molecule has 4 nitrogen and oxygen atoms in total. The molecule has 1 aliphatic heterocycles. The van der Waals surface area contributed by atoms with Gasteiger partial charge in [0.25, 0.3) is 0 Å². The standard InChI is InChI=1S/C12H24N2O2/c1-3-7-13-11(10-16-2)9-14-8-5-4-6-12(14)15/h11,13H,3-10H2,1-2H3. The van der Waals surface area contributed by atoms with Gasteiger partial charge in [0.05, 0.1) is 6.61 Å². The highest BCUT2D eigenvalue weighted by molar-refractivity contribution is 5.76. The molecule has 0 aromatic carbocycles. The quantitative estimate of drug-likeness (QED) is 0.707. The van der Waals surface area contributed by atoms with E-state index in [0.29, 0.717) is 18.9 Å². The van der Waals surface area contributed by atoms with Crippen molar-refractivity contribution in [3.63, 3.8) is 0 Å². The first-order valence-electron chi connectivity index (χ1n) is 6.28. The van der Waals surface area contributed by atoms with Crippen molar-refractivity contribution in [3.05, 3.63) is 0 Å². The van der Waals surface area contributed by atoms with Crippen LogP contribution in [0.15, 0.2) is 0 Å². The molecule has 16 heavy (non-hydrogen) atoms. The van der Waals surface area contributed by atoms with Gasteiger partial charge in [0.2, 0.25) is 5.91 Å². The maximum atomic E-state index is 11.7. The second kappa shape index (κ2) is 7.63. The van der Waals surface area contributed by atoms with Gasteiger partial charge in [-0.25, -0.2) is 0 Å². The van der Waals surface area contributed by atoms with Gasteiger partial charge < -0.3 is 15.0 Å². The molecule has 1 aliphatic rings. The Balaban J connectivity index is 2.36. The van der Waals surface area contributed by atoms with Crippen LogP contribution in [0, 0.1) is 0 Å². The molecule has 94 valence electrons. The van der Waals surface area contributed by atoms with Gasteiger partial charge in [-0.15, -0.1) is 0 Å². The van der Waals surface area contributed by atoms with Crippen LogP contribution in [0.3, 0.4) is 0 Å². The number of amides is 1. The van der Waals surface area contributed by atoms with E-state index in [0.717, 1.165) is 38.9 Å². The molecule has 0 bridgehead atoms. The fourth-order valence-electron chi connectivity index (χ4n) is 2.05. The SMILES string of the molecule is CCCNC(COC)CN1CCCCC1=O. The Hall–Kier alpha value is -0.610. The van der Waals surface area contributed by atoms with Crippen LogP contribution >= 0.6 is 0 Å². The van der Waals surface area contributed by atoms with E-state index in [2.05, 4.69) is 12.2 Å². The molecule has 1 heterocycles. The van der Waals surface area contributed by atoms with Crippen molar-refractivity contribution < 1.29 is 9.53 Å². The summed E-state index contributed by atoms with van der Waals surface area (Å²) in [6.07, 6.45) is 4.01. The average Bonchev–Trinajstić information content (AvgIpc) is 2.29. The summed E-state index contributed by atoms with van der Waals surface area (Å²) in [5, 5.41) is 3.42. The first-order valence-corrected chi connectivity index (χ1v) is 6.28. The van der Waals surface area contributed by atoms with Crippen molar-refractivity contribution in [1.29, 1.82) is 0 Å². The van der Waals surface area contributed by atoms with Gasteiger partial charge in [-0.1, -0.05) is 6.92 Å². The predicted octanol–water partition coefficient (Wildman–Crippen LogP) is 1.01. The number of hydrogen-bond donors (Lipinski definition) is 1. The maximum absolute atomic E-state index is 11.7. The molecule has 0 aromatic rings. The number of hydrogen-bond acceptors (Lipinski definition) is 3. The number of methoxy groups -OCH3 is 1. The number of piperidine rings is 1. The van der Waals surface area contributed by atoms with Crippen LogP contribution < -0.4 is 5.32 Å². The van der Waals surface area contributed by atoms with Crippen molar-refractivity contribution in [2.45, 2.75) is 38.6 Å². The van der Waals surface area contributed by atoms with Crippen LogP contribution in [-0.2, 0) is 9.53 Å². The minimum atomic E-state index is 0.270. The molecule has 1 atom stereocenters. The number of nitrogens with zero attached hydrogens (tertiary/aromatic N) is 1. The lowest BCUT2D eigenvalue weighted by atomic mass is 10.1. The highest BCUT2D eigenvalue weighted by atomic mass is 16.5. The molecule has 1 rings (SSSR count). The fraction of sp³-hybridized carbons (Fsp3) is 0.917. The summed E-state index contributed by atoms with van der Waals surface area (Å²) in [5.41, 5.74) is 0. The molecule has 4 heteroatoms. The van der Waals surface area contributed by atoms with Gasteiger partial charge in [0, 0.05) is 32.7 Å². The first kappa shape index (κ1) is 13.5. The molecule has 0 spiro atoms. The number of rotatable bonds is 7. The fourth-order valence-corrected chi connectivity index (χ4v) is 2.05. The molecular weight excluding hydrogens is 204 g/mol. The van der Waals surface area contributed by atoms with Crippen LogP contribution in [0.5, 0.6) is 0 Å². The Morgan fingerprint density at radius 3 is 2.94 bits per heavy atom. The topological polar surface area (TPSA) is 41.6 Å². The van der Waals surface area contributed by atoms with E-state index >= 15 is 0 Å². The molecule has 1 fully saturated rings. The molecule has 0 aromatic heterocycles. The molecular formula is C12H24N2O2. The highest BCUT2D eigenvalue weighted by Crippen LogP contribution is 2.10. The van der Waals surface area contributed by atoms with Gasteiger partial charge in [-0.2, -0.15) is 0 Å². The molecule has 1 N–H and O–H groups in total. The van der Waals surface area contributed by atoms with E-state index in [9.17, 15) is 4.79 Å². The highest BCUT2D eigenvalue weighted by Gasteiger charge is 2.21. The number of carbonyl (C=O) groups is 1. The summed E-state index contributed by atoms with van der Waals surface area (Å²) < 4.78 is 5.18. The second-order valence-electron chi connectivity index (χ2n) is 4.40. The minimum Gasteiger partial charge on any atom is -0.383 e. The first-order chi connectivity index (χ1) is 7.77. The molecule has 1 saturated heterocycles. The summed E-state index contributed by atoms with van der Waals surface area (Å²) in [7, 11) is 1.71. The summed E-state index contributed by atoms with van der Waals surface area (Å²) in [6, 6.07) is 0.270. The zero-order valence-electron chi connectivity index (χ0n) is 10.5. The lowest BCUT2D eigenvalue weighted by Crippen LogP contribution is -2.47. The third-order valence-corrected chi connectivity index (χ3v) is 2.91. The number of nitrogens with one attached hydrogen (secondary N) is 1. The summed E-state index contributed by atoms with van der Waals surface area (Å²) >= 11 is 0. The van der Waals surface area contributed by atoms with E-state index in [-0.39, 0.29) is 6.04 Å². The van der Waals surface area contributed by atoms with Crippen molar-refractivity contribution in [2.24, 2.45) is 0 Å². The molecule has 1 unspecified atom stereocenters. The van der Waals surface area contributed by atoms with Gasteiger partial charge >= 0.3 is 0 Å². The van der Waals surface area contributed by atoms with Crippen LogP contribution in [0.25, 0.3) is 0 Å². The average molecular weight is 228 g/mol. The summed E-state index contributed by atoms with van der Waals surface area (Å²) in [5.74, 6) is 0.297. The smallest absolute Gasteiger partial charge is 0.222 e. The Morgan fingerprint density at radius 2 is 2.31 bits per heavy atom.